The second kappa shape index (κ2) is 3.71. The van der Waals surface area contributed by atoms with Crippen LogP contribution in [0.3, 0.4) is 0 Å². The van der Waals surface area contributed by atoms with Gasteiger partial charge in [0.1, 0.15) is 4.88 Å². The molecule has 0 aromatic carbocycles. The summed E-state index contributed by atoms with van der Waals surface area (Å²) in [7, 11) is 0. The number of rotatable bonds is 2. The number of nitrogens with zero attached hydrogens (tertiary/aromatic N) is 3. The van der Waals surface area contributed by atoms with E-state index in [4.69, 9.17) is 4.52 Å². The predicted molar refractivity (Wildman–Crippen MR) is 55.4 cm³/mol. The van der Waals surface area contributed by atoms with Gasteiger partial charge in [-0.3, -0.25) is 4.98 Å². The van der Waals surface area contributed by atoms with Gasteiger partial charge in [0.05, 0.1) is 17.7 Å². The highest BCUT2D eigenvalue weighted by atomic mass is 32.1. The highest BCUT2D eigenvalue weighted by Gasteiger charge is 2.22. The van der Waals surface area contributed by atoms with Gasteiger partial charge in [0.25, 0.3) is 5.89 Å². The molecule has 0 saturated carbocycles. The average molecular weight is 222 g/mol. The lowest BCUT2D eigenvalue weighted by Gasteiger charge is -2.01. The van der Waals surface area contributed by atoms with Crippen molar-refractivity contribution in [3.05, 3.63) is 17.5 Å². The monoisotopic (exact) mass is 222 g/mol. The normalized spacial score (nSPS) is 20.9. The molecule has 1 atom stereocenters. The zero-order chi connectivity index (χ0) is 10.1. The predicted octanol–water partition coefficient (Wildman–Crippen LogP) is 1.62. The Morgan fingerprint density at radius 1 is 1.53 bits per heavy atom. The molecule has 6 heteroatoms. The van der Waals surface area contributed by atoms with Gasteiger partial charge in [-0.05, 0) is 19.4 Å². The summed E-state index contributed by atoms with van der Waals surface area (Å²) in [4.78, 5) is 9.27. The SMILES string of the molecule is c1ncc(-c2nc(C3CCCN3)no2)s1. The summed E-state index contributed by atoms with van der Waals surface area (Å²) in [6.45, 7) is 1.04. The van der Waals surface area contributed by atoms with Crippen molar-refractivity contribution in [3.63, 3.8) is 0 Å². The topological polar surface area (TPSA) is 63.8 Å². The van der Waals surface area contributed by atoms with Gasteiger partial charge in [0.2, 0.25) is 0 Å². The van der Waals surface area contributed by atoms with Gasteiger partial charge in [-0.15, -0.1) is 11.3 Å². The van der Waals surface area contributed by atoms with Crippen LogP contribution in [0.25, 0.3) is 10.8 Å². The summed E-state index contributed by atoms with van der Waals surface area (Å²) < 4.78 is 5.19. The molecular formula is C9H10N4OS. The molecule has 0 spiro atoms. The molecule has 0 radical (unpaired) electrons. The van der Waals surface area contributed by atoms with Crippen LogP contribution in [-0.2, 0) is 0 Å². The van der Waals surface area contributed by atoms with E-state index < -0.39 is 0 Å². The van der Waals surface area contributed by atoms with E-state index in [0.29, 0.717) is 5.89 Å². The second-order valence-corrected chi connectivity index (χ2v) is 4.36. The van der Waals surface area contributed by atoms with Crippen molar-refractivity contribution in [3.8, 4) is 10.8 Å². The molecule has 2 aromatic rings. The highest BCUT2D eigenvalue weighted by molar-refractivity contribution is 7.13. The Balaban J connectivity index is 1.87. The summed E-state index contributed by atoms with van der Waals surface area (Å²) >= 11 is 1.50. The number of thiazole rings is 1. The van der Waals surface area contributed by atoms with E-state index in [1.807, 2.05) is 0 Å². The van der Waals surface area contributed by atoms with Crippen LogP contribution >= 0.6 is 11.3 Å². The Morgan fingerprint density at radius 2 is 2.53 bits per heavy atom. The molecule has 1 fully saturated rings. The van der Waals surface area contributed by atoms with Crippen molar-refractivity contribution in [2.75, 3.05) is 6.54 Å². The maximum absolute atomic E-state index is 5.19. The number of hydrogen-bond donors (Lipinski definition) is 1. The van der Waals surface area contributed by atoms with Gasteiger partial charge in [-0.25, -0.2) is 0 Å². The fraction of sp³-hybridized carbons (Fsp3) is 0.444. The van der Waals surface area contributed by atoms with E-state index in [1.54, 1.807) is 11.7 Å². The summed E-state index contributed by atoms with van der Waals surface area (Å²) in [5.41, 5.74) is 1.76. The van der Waals surface area contributed by atoms with Gasteiger partial charge in [-0.1, -0.05) is 5.16 Å². The molecule has 78 valence electrons. The molecule has 0 amide bonds. The molecule has 1 saturated heterocycles. The molecule has 15 heavy (non-hydrogen) atoms. The van der Waals surface area contributed by atoms with Crippen LogP contribution in [0.1, 0.15) is 24.7 Å². The van der Waals surface area contributed by atoms with E-state index in [0.717, 1.165) is 23.7 Å². The van der Waals surface area contributed by atoms with Gasteiger partial charge >= 0.3 is 0 Å². The van der Waals surface area contributed by atoms with Crippen molar-refractivity contribution in [2.24, 2.45) is 0 Å². The van der Waals surface area contributed by atoms with E-state index >= 15 is 0 Å². The maximum atomic E-state index is 5.19. The third-order valence-electron chi connectivity index (χ3n) is 2.46. The Kier molecular flexibility index (Phi) is 2.22. The number of hydrogen-bond acceptors (Lipinski definition) is 6. The number of aromatic nitrogens is 3. The zero-order valence-corrected chi connectivity index (χ0v) is 8.83. The number of nitrogens with one attached hydrogen (secondary N) is 1. The first-order valence-corrected chi connectivity index (χ1v) is 5.77. The Hall–Kier alpha value is -1.27. The van der Waals surface area contributed by atoms with E-state index in [9.17, 15) is 0 Å². The first-order chi connectivity index (χ1) is 7.43. The van der Waals surface area contributed by atoms with E-state index in [-0.39, 0.29) is 6.04 Å². The quantitative estimate of drug-likeness (QED) is 0.836. The van der Waals surface area contributed by atoms with Crippen molar-refractivity contribution in [1.82, 2.24) is 20.4 Å². The van der Waals surface area contributed by atoms with E-state index in [1.165, 1.54) is 17.8 Å². The maximum Gasteiger partial charge on any atom is 0.269 e. The fourth-order valence-electron chi connectivity index (χ4n) is 1.70. The Bertz CT molecular complexity index is 433. The minimum Gasteiger partial charge on any atom is -0.333 e. The molecule has 5 nitrogen and oxygen atoms in total. The third kappa shape index (κ3) is 1.66. The first kappa shape index (κ1) is 8.99. The van der Waals surface area contributed by atoms with Crippen LogP contribution in [0, 0.1) is 0 Å². The Labute approximate surface area is 90.5 Å². The molecule has 1 aliphatic heterocycles. The molecule has 3 rings (SSSR count). The van der Waals surface area contributed by atoms with E-state index in [2.05, 4.69) is 20.4 Å². The minimum absolute atomic E-state index is 0.260. The van der Waals surface area contributed by atoms with Crippen LogP contribution in [-0.4, -0.2) is 21.7 Å². The third-order valence-corrected chi connectivity index (χ3v) is 3.22. The molecule has 1 aliphatic rings. The average Bonchev–Trinajstić information content (AvgIpc) is 3.02. The van der Waals surface area contributed by atoms with Crippen molar-refractivity contribution in [1.29, 1.82) is 0 Å². The summed E-state index contributed by atoms with van der Waals surface area (Å²) in [6, 6.07) is 0.260. The van der Waals surface area contributed by atoms with Crippen LogP contribution in [0.15, 0.2) is 16.2 Å². The smallest absolute Gasteiger partial charge is 0.269 e. The Morgan fingerprint density at radius 3 is 3.27 bits per heavy atom. The van der Waals surface area contributed by atoms with Gasteiger partial charge in [0.15, 0.2) is 5.82 Å². The molecule has 2 aromatic heterocycles. The van der Waals surface area contributed by atoms with Gasteiger partial charge in [-0.2, -0.15) is 4.98 Å². The molecule has 1 unspecified atom stereocenters. The molecule has 0 bridgehead atoms. The van der Waals surface area contributed by atoms with Crippen LogP contribution in [0.5, 0.6) is 0 Å². The van der Waals surface area contributed by atoms with Crippen LogP contribution in [0.2, 0.25) is 0 Å². The molecular weight excluding hydrogens is 212 g/mol. The second-order valence-electron chi connectivity index (χ2n) is 3.47. The summed E-state index contributed by atoms with van der Waals surface area (Å²) in [6.07, 6.45) is 4.00. The molecule has 0 aliphatic carbocycles. The summed E-state index contributed by atoms with van der Waals surface area (Å²) in [5.74, 6) is 1.33. The zero-order valence-electron chi connectivity index (χ0n) is 8.01. The van der Waals surface area contributed by atoms with Crippen molar-refractivity contribution < 1.29 is 4.52 Å². The van der Waals surface area contributed by atoms with Gasteiger partial charge < -0.3 is 9.84 Å². The standard InChI is InChI=1S/C9H10N4OS/c1-2-6(11-3-1)8-12-9(14-13-8)7-4-10-5-15-7/h4-6,11H,1-3H2. The lowest BCUT2D eigenvalue weighted by atomic mass is 10.2. The lowest BCUT2D eigenvalue weighted by molar-refractivity contribution is 0.413. The van der Waals surface area contributed by atoms with Crippen LogP contribution in [0.4, 0.5) is 0 Å². The largest absolute Gasteiger partial charge is 0.333 e. The highest BCUT2D eigenvalue weighted by Crippen LogP contribution is 2.25. The van der Waals surface area contributed by atoms with Crippen LogP contribution < -0.4 is 5.32 Å². The first-order valence-electron chi connectivity index (χ1n) is 4.89. The van der Waals surface area contributed by atoms with Gasteiger partial charge in [0, 0.05) is 0 Å². The molecule has 1 N–H and O–H groups in total. The summed E-state index contributed by atoms with van der Waals surface area (Å²) in [5, 5.41) is 7.32. The van der Waals surface area contributed by atoms with Crippen molar-refractivity contribution >= 4 is 11.3 Å². The lowest BCUT2D eigenvalue weighted by Crippen LogP contribution is -2.14. The molecule has 3 heterocycles. The van der Waals surface area contributed by atoms with Crippen molar-refractivity contribution in [2.45, 2.75) is 18.9 Å². The fourth-order valence-corrected chi connectivity index (χ4v) is 2.24. The minimum atomic E-state index is 0.260.